The van der Waals surface area contributed by atoms with Gasteiger partial charge in [0.15, 0.2) is 0 Å². The van der Waals surface area contributed by atoms with Gasteiger partial charge in [-0.15, -0.1) is 0 Å². The molecule has 1 aliphatic rings. The molecule has 2 heteroatoms. The number of hydrogen-bond acceptors (Lipinski definition) is 2. The minimum atomic E-state index is -0.174. The molecule has 1 heterocycles. The largest absolute Gasteiger partial charge is 0.391 e. The summed E-state index contributed by atoms with van der Waals surface area (Å²) in [5, 5.41) is 10.9. The first-order chi connectivity index (χ1) is 9.58. The maximum atomic E-state index is 10.9. The van der Waals surface area contributed by atoms with Crippen molar-refractivity contribution >= 4 is 0 Å². The lowest BCUT2D eigenvalue weighted by Crippen LogP contribution is -2.56. The third-order valence-electron chi connectivity index (χ3n) is 5.61. The zero-order chi connectivity index (χ0) is 15.0. The van der Waals surface area contributed by atoms with Crippen LogP contribution in [0, 0.1) is 5.92 Å². The van der Waals surface area contributed by atoms with Crippen LogP contribution in [-0.2, 0) is 0 Å². The molecule has 0 aromatic heterocycles. The minimum Gasteiger partial charge on any atom is -0.391 e. The molecule has 20 heavy (non-hydrogen) atoms. The molecule has 2 nitrogen and oxygen atoms in total. The summed E-state index contributed by atoms with van der Waals surface area (Å²) in [6.45, 7) is 11.4. The highest BCUT2D eigenvalue weighted by molar-refractivity contribution is 4.93. The van der Waals surface area contributed by atoms with Crippen LogP contribution in [0.5, 0.6) is 0 Å². The first-order valence-corrected chi connectivity index (χ1v) is 9.01. The van der Waals surface area contributed by atoms with Crippen LogP contribution >= 0.6 is 0 Å². The SMILES string of the molecule is CCCCC(CC)CC(O)C(C)(CC)N1CCCCC1. The summed E-state index contributed by atoms with van der Waals surface area (Å²) in [5.41, 5.74) is -0.0138. The fraction of sp³-hybridized carbons (Fsp3) is 1.00. The molecule has 0 aliphatic carbocycles. The Balaban J connectivity index is 2.61. The van der Waals surface area contributed by atoms with Crippen LogP contribution in [0.4, 0.5) is 0 Å². The van der Waals surface area contributed by atoms with Gasteiger partial charge in [0, 0.05) is 5.54 Å². The molecular formula is C18H37NO. The van der Waals surface area contributed by atoms with E-state index in [9.17, 15) is 5.11 Å². The van der Waals surface area contributed by atoms with Gasteiger partial charge in [0.2, 0.25) is 0 Å². The maximum absolute atomic E-state index is 10.9. The van der Waals surface area contributed by atoms with Gasteiger partial charge in [0.05, 0.1) is 6.10 Å². The third kappa shape index (κ3) is 4.73. The molecule has 0 radical (unpaired) electrons. The van der Waals surface area contributed by atoms with Crippen LogP contribution in [0.15, 0.2) is 0 Å². The molecular weight excluding hydrogens is 246 g/mol. The summed E-state index contributed by atoms with van der Waals surface area (Å²) in [6, 6.07) is 0. The van der Waals surface area contributed by atoms with E-state index in [0.29, 0.717) is 5.92 Å². The lowest BCUT2D eigenvalue weighted by atomic mass is 9.81. The van der Waals surface area contributed by atoms with Gasteiger partial charge in [-0.2, -0.15) is 0 Å². The van der Waals surface area contributed by atoms with Gasteiger partial charge in [0.25, 0.3) is 0 Å². The molecule has 0 saturated carbocycles. The lowest BCUT2D eigenvalue weighted by molar-refractivity contribution is -0.0446. The van der Waals surface area contributed by atoms with Crippen molar-refractivity contribution in [3.05, 3.63) is 0 Å². The van der Waals surface area contributed by atoms with Gasteiger partial charge in [-0.05, 0) is 51.6 Å². The predicted octanol–water partition coefficient (Wildman–Crippen LogP) is 4.61. The van der Waals surface area contributed by atoms with Crippen LogP contribution < -0.4 is 0 Å². The Labute approximate surface area is 126 Å². The Bertz CT molecular complexity index is 250. The van der Waals surface area contributed by atoms with E-state index in [-0.39, 0.29) is 11.6 Å². The van der Waals surface area contributed by atoms with Gasteiger partial charge in [0.1, 0.15) is 0 Å². The number of aliphatic hydroxyl groups is 1. The predicted molar refractivity (Wildman–Crippen MR) is 88.0 cm³/mol. The van der Waals surface area contributed by atoms with Crippen LogP contribution in [0.2, 0.25) is 0 Å². The van der Waals surface area contributed by atoms with Gasteiger partial charge in [-0.1, -0.05) is 52.9 Å². The number of aliphatic hydroxyl groups excluding tert-OH is 1. The second-order valence-corrected chi connectivity index (χ2v) is 6.93. The van der Waals surface area contributed by atoms with E-state index in [1.807, 2.05) is 0 Å². The number of rotatable bonds is 9. The molecule has 120 valence electrons. The van der Waals surface area contributed by atoms with E-state index < -0.39 is 0 Å². The number of likely N-dealkylation sites (tertiary alicyclic amines) is 1. The monoisotopic (exact) mass is 283 g/mol. The van der Waals surface area contributed by atoms with Crippen molar-refractivity contribution in [1.82, 2.24) is 4.90 Å². The highest BCUT2D eigenvalue weighted by Crippen LogP contribution is 2.32. The van der Waals surface area contributed by atoms with Crippen LogP contribution in [0.25, 0.3) is 0 Å². The number of hydrogen-bond donors (Lipinski definition) is 1. The summed E-state index contributed by atoms with van der Waals surface area (Å²) in [7, 11) is 0. The summed E-state index contributed by atoms with van der Waals surface area (Å²) in [5.74, 6) is 0.695. The second-order valence-electron chi connectivity index (χ2n) is 6.93. The van der Waals surface area contributed by atoms with Crippen LogP contribution in [0.3, 0.4) is 0 Å². The highest BCUT2D eigenvalue weighted by atomic mass is 16.3. The third-order valence-corrected chi connectivity index (χ3v) is 5.61. The molecule has 1 N–H and O–H groups in total. The number of nitrogens with zero attached hydrogens (tertiary/aromatic N) is 1. The Morgan fingerprint density at radius 3 is 2.25 bits per heavy atom. The normalized spacial score (nSPS) is 23.2. The molecule has 1 rings (SSSR count). The maximum Gasteiger partial charge on any atom is 0.0723 e. The zero-order valence-electron chi connectivity index (χ0n) is 14.3. The van der Waals surface area contributed by atoms with Crippen molar-refractivity contribution in [2.45, 2.75) is 97.1 Å². The fourth-order valence-corrected chi connectivity index (χ4v) is 3.63. The van der Waals surface area contributed by atoms with E-state index in [4.69, 9.17) is 0 Å². The van der Waals surface area contributed by atoms with Crippen molar-refractivity contribution < 1.29 is 5.11 Å². The Hall–Kier alpha value is -0.0800. The van der Waals surface area contributed by atoms with Crippen LogP contribution in [0.1, 0.15) is 85.5 Å². The topological polar surface area (TPSA) is 23.5 Å². The average molecular weight is 284 g/mol. The van der Waals surface area contributed by atoms with Crippen molar-refractivity contribution in [2.24, 2.45) is 5.92 Å². The number of piperidine rings is 1. The smallest absolute Gasteiger partial charge is 0.0723 e. The van der Waals surface area contributed by atoms with Gasteiger partial charge in [-0.3, -0.25) is 4.90 Å². The molecule has 3 atom stereocenters. The van der Waals surface area contributed by atoms with Gasteiger partial charge in [-0.25, -0.2) is 0 Å². The Morgan fingerprint density at radius 2 is 1.75 bits per heavy atom. The first kappa shape index (κ1) is 18.0. The van der Waals surface area contributed by atoms with Gasteiger partial charge >= 0.3 is 0 Å². The van der Waals surface area contributed by atoms with E-state index >= 15 is 0 Å². The van der Waals surface area contributed by atoms with E-state index in [1.54, 1.807) is 0 Å². The summed E-state index contributed by atoms with van der Waals surface area (Å²) >= 11 is 0. The van der Waals surface area contributed by atoms with Crippen LogP contribution in [-0.4, -0.2) is 34.7 Å². The molecule has 3 unspecified atom stereocenters. The van der Waals surface area contributed by atoms with Crippen molar-refractivity contribution in [2.75, 3.05) is 13.1 Å². The van der Waals surface area contributed by atoms with E-state index in [0.717, 1.165) is 12.8 Å². The van der Waals surface area contributed by atoms with Crippen molar-refractivity contribution in [3.63, 3.8) is 0 Å². The molecule has 0 amide bonds. The first-order valence-electron chi connectivity index (χ1n) is 9.01. The molecule has 1 aliphatic heterocycles. The Kier molecular flexibility index (Phi) is 8.13. The van der Waals surface area contributed by atoms with Gasteiger partial charge < -0.3 is 5.11 Å². The van der Waals surface area contributed by atoms with Crippen molar-refractivity contribution in [1.29, 1.82) is 0 Å². The summed E-state index contributed by atoms with van der Waals surface area (Å²) < 4.78 is 0. The molecule has 1 saturated heterocycles. The summed E-state index contributed by atoms with van der Waals surface area (Å²) in [4.78, 5) is 2.56. The fourth-order valence-electron chi connectivity index (χ4n) is 3.63. The molecule has 0 spiro atoms. The van der Waals surface area contributed by atoms with E-state index in [2.05, 4.69) is 32.6 Å². The molecule has 0 aromatic rings. The quantitative estimate of drug-likeness (QED) is 0.668. The minimum absolute atomic E-state index is 0.0138. The second kappa shape index (κ2) is 9.04. The van der Waals surface area contributed by atoms with Crippen molar-refractivity contribution in [3.8, 4) is 0 Å². The molecule has 0 aromatic carbocycles. The molecule has 0 bridgehead atoms. The standard InChI is InChI=1S/C18H37NO/c1-5-8-12-16(6-2)15-17(20)18(4,7-3)19-13-10-9-11-14-19/h16-17,20H,5-15H2,1-4H3. The number of unbranched alkanes of at least 4 members (excludes halogenated alkanes) is 1. The lowest BCUT2D eigenvalue weighted by Gasteiger charge is -2.46. The zero-order valence-corrected chi connectivity index (χ0v) is 14.3. The molecule has 1 fully saturated rings. The summed E-state index contributed by atoms with van der Waals surface area (Å²) in [6.07, 6.45) is 10.9. The Morgan fingerprint density at radius 1 is 1.10 bits per heavy atom. The van der Waals surface area contributed by atoms with E-state index in [1.165, 1.54) is 58.0 Å². The average Bonchev–Trinajstić information content (AvgIpc) is 2.51. The highest BCUT2D eigenvalue weighted by Gasteiger charge is 2.38.